The summed E-state index contributed by atoms with van der Waals surface area (Å²) < 4.78 is 11.3. The van der Waals surface area contributed by atoms with Gasteiger partial charge in [0.1, 0.15) is 11.5 Å². The monoisotopic (exact) mass is 340 g/mol. The molecule has 2 aromatic rings. The van der Waals surface area contributed by atoms with Crippen LogP contribution in [0, 0.1) is 13.8 Å². The van der Waals surface area contributed by atoms with E-state index < -0.39 is 0 Å². The lowest BCUT2D eigenvalue weighted by Gasteiger charge is -2.16. The SMILES string of the molecule is Cc1ccc(C(C)C)c(OCC(=O)Oc2cc(C)ccc2C(C)C)c1. The van der Waals surface area contributed by atoms with E-state index in [1.165, 1.54) is 0 Å². The van der Waals surface area contributed by atoms with Gasteiger partial charge in [-0.3, -0.25) is 0 Å². The van der Waals surface area contributed by atoms with E-state index in [1.54, 1.807) is 0 Å². The van der Waals surface area contributed by atoms with Crippen molar-refractivity contribution in [2.24, 2.45) is 0 Å². The minimum absolute atomic E-state index is 0.103. The average molecular weight is 340 g/mol. The molecule has 0 saturated carbocycles. The van der Waals surface area contributed by atoms with Crippen LogP contribution in [0.3, 0.4) is 0 Å². The van der Waals surface area contributed by atoms with Crippen LogP contribution >= 0.6 is 0 Å². The van der Waals surface area contributed by atoms with Crippen LogP contribution in [0.15, 0.2) is 36.4 Å². The highest BCUT2D eigenvalue weighted by Gasteiger charge is 2.14. The van der Waals surface area contributed by atoms with E-state index in [-0.39, 0.29) is 18.5 Å². The maximum absolute atomic E-state index is 12.3. The van der Waals surface area contributed by atoms with Crippen LogP contribution in [0.4, 0.5) is 0 Å². The van der Waals surface area contributed by atoms with Crippen LogP contribution in [0.2, 0.25) is 0 Å². The van der Waals surface area contributed by atoms with Gasteiger partial charge in [-0.2, -0.15) is 0 Å². The summed E-state index contributed by atoms with van der Waals surface area (Å²) in [5, 5.41) is 0. The van der Waals surface area contributed by atoms with Crippen molar-refractivity contribution in [2.75, 3.05) is 6.61 Å². The fourth-order valence-corrected chi connectivity index (χ4v) is 2.74. The Balaban J connectivity index is 2.10. The van der Waals surface area contributed by atoms with Crippen molar-refractivity contribution in [3.63, 3.8) is 0 Å². The second-order valence-electron chi connectivity index (χ2n) is 7.15. The van der Waals surface area contributed by atoms with E-state index in [1.807, 2.05) is 38.1 Å². The normalized spacial score (nSPS) is 11.0. The molecule has 0 saturated heterocycles. The number of esters is 1. The lowest BCUT2D eigenvalue weighted by Crippen LogP contribution is -2.19. The first-order valence-electron chi connectivity index (χ1n) is 8.82. The molecule has 3 heteroatoms. The first-order valence-corrected chi connectivity index (χ1v) is 8.82. The maximum atomic E-state index is 12.3. The maximum Gasteiger partial charge on any atom is 0.349 e. The predicted octanol–water partition coefficient (Wildman–Crippen LogP) is 5.53. The summed E-state index contributed by atoms with van der Waals surface area (Å²) in [5.74, 6) is 1.60. The standard InChI is InChI=1S/C22H28O3/c1-14(2)18-9-7-16(5)11-20(18)24-13-22(23)25-21-12-17(6)8-10-19(21)15(3)4/h7-12,14-15H,13H2,1-6H3. The third-order valence-electron chi connectivity index (χ3n) is 4.15. The number of hydrogen-bond acceptors (Lipinski definition) is 3. The van der Waals surface area contributed by atoms with E-state index in [4.69, 9.17) is 9.47 Å². The largest absolute Gasteiger partial charge is 0.482 e. The summed E-state index contributed by atoms with van der Waals surface area (Å²) in [5.41, 5.74) is 4.29. The summed E-state index contributed by atoms with van der Waals surface area (Å²) in [4.78, 5) is 12.3. The van der Waals surface area contributed by atoms with Crippen molar-refractivity contribution in [1.29, 1.82) is 0 Å². The molecule has 0 aromatic heterocycles. The molecule has 0 N–H and O–H groups in total. The lowest BCUT2D eigenvalue weighted by molar-refractivity contribution is -0.136. The molecule has 0 radical (unpaired) electrons. The Bertz CT molecular complexity index is 745. The highest BCUT2D eigenvalue weighted by atomic mass is 16.6. The molecule has 0 aliphatic rings. The van der Waals surface area contributed by atoms with Crippen LogP contribution in [-0.2, 0) is 4.79 Å². The average Bonchev–Trinajstić information content (AvgIpc) is 2.52. The van der Waals surface area contributed by atoms with Gasteiger partial charge in [0.25, 0.3) is 0 Å². The minimum Gasteiger partial charge on any atom is -0.482 e. The zero-order valence-electron chi connectivity index (χ0n) is 16.1. The van der Waals surface area contributed by atoms with Crippen molar-refractivity contribution in [1.82, 2.24) is 0 Å². The quantitative estimate of drug-likeness (QED) is 0.512. The second kappa shape index (κ2) is 8.19. The van der Waals surface area contributed by atoms with E-state index in [2.05, 4.69) is 39.8 Å². The predicted molar refractivity (Wildman–Crippen MR) is 102 cm³/mol. The Morgan fingerprint density at radius 2 is 1.32 bits per heavy atom. The van der Waals surface area contributed by atoms with Gasteiger partial charge >= 0.3 is 5.97 Å². The Morgan fingerprint density at radius 3 is 1.84 bits per heavy atom. The van der Waals surface area contributed by atoms with Crippen molar-refractivity contribution in [2.45, 2.75) is 53.4 Å². The summed E-state index contributed by atoms with van der Waals surface area (Å²) in [6.45, 7) is 12.3. The summed E-state index contributed by atoms with van der Waals surface area (Å²) >= 11 is 0. The van der Waals surface area contributed by atoms with E-state index in [0.29, 0.717) is 11.7 Å². The number of benzene rings is 2. The molecule has 0 amide bonds. The van der Waals surface area contributed by atoms with Crippen molar-refractivity contribution >= 4 is 5.97 Å². The molecule has 0 aliphatic carbocycles. The van der Waals surface area contributed by atoms with Crippen LogP contribution < -0.4 is 9.47 Å². The zero-order valence-corrected chi connectivity index (χ0v) is 16.1. The van der Waals surface area contributed by atoms with Crippen molar-refractivity contribution < 1.29 is 14.3 Å². The summed E-state index contributed by atoms with van der Waals surface area (Å²) in [6, 6.07) is 12.0. The van der Waals surface area contributed by atoms with Gasteiger partial charge < -0.3 is 9.47 Å². The second-order valence-corrected chi connectivity index (χ2v) is 7.15. The zero-order chi connectivity index (χ0) is 18.6. The highest BCUT2D eigenvalue weighted by Crippen LogP contribution is 2.29. The fraction of sp³-hybridized carbons (Fsp3) is 0.409. The van der Waals surface area contributed by atoms with Crippen LogP contribution in [0.25, 0.3) is 0 Å². The molecule has 134 valence electrons. The Kier molecular flexibility index (Phi) is 6.24. The summed E-state index contributed by atoms with van der Waals surface area (Å²) in [7, 11) is 0. The van der Waals surface area contributed by atoms with Gasteiger partial charge in [-0.1, -0.05) is 52.0 Å². The minimum atomic E-state index is -0.385. The number of carbonyl (C=O) groups excluding carboxylic acids is 1. The van der Waals surface area contributed by atoms with Crippen molar-refractivity contribution in [3.05, 3.63) is 58.7 Å². The molecule has 2 rings (SSSR count). The first kappa shape index (κ1) is 19.0. The van der Waals surface area contributed by atoms with Gasteiger partial charge in [0.2, 0.25) is 0 Å². The third-order valence-corrected chi connectivity index (χ3v) is 4.15. The first-order chi connectivity index (χ1) is 11.8. The van der Waals surface area contributed by atoms with Gasteiger partial charge in [-0.25, -0.2) is 4.79 Å². The van der Waals surface area contributed by atoms with E-state index in [9.17, 15) is 4.79 Å². The lowest BCUT2D eigenvalue weighted by atomic mass is 10.0. The molecule has 0 unspecified atom stereocenters. The highest BCUT2D eigenvalue weighted by molar-refractivity contribution is 5.74. The van der Waals surface area contributed by atoms with Crippen molar-refractivity contribution in [3.8, 4) is 11.5 Å². The van der Waals surface area contributed by atoms with E-state index >= 15 is 0 Å². The number of hydrogen-bond donors (Lipinski definition) is 0. The van der Waals surface area contributed by atoms with Crippen LogP contribution in [0.5, 0.6) is 11.5 Å². The number of aryl methyl sites for hydroxylation is 2. The fourth-order valence-electron chi connectivity index (χ4n) is 2.74. The van der Waals surface area contributed by atoms with Gasteiger partial charge in [-0.05, 0) is 60.1 Å². The Labute approximate surface area is 151 Å². The van der Waals surface area contributed by atoms with Gasteiger partial charge in [0.15, 0.2) is 6.61 Å². The molecule has 0 fully saturated rings. The molecule has 3 nitrogen and oxygen atoms in total. The van der Waals surface area contributed by atoms with Gasteiger partial charge in [-0.15, -0.1) is 0 Å². The Hall–Kier alpha value is -2.29. The molecule has 0 spiro atoms. The molecular weight excluding hydrogens is 312 g/mol. The molecule has 25 heavy (non-hydrogen) atoms. The van der Waals surface area contributed by atoms with Gasteiger partial charge in [0, 0.05) is 0 Å². The smallest absolute Gasteiger partial charge is 0.349 e. The molecule has 0 heterocycles. The Morgan fingerprint density at radius 1 is 0.840 bits per heavy atom. The van der Waals surface area contributed by atoms with Gasteiger partial charge in [0.05, 0.1) is 0 Å². The topological polar surface area (TPSA) is 35.5 Å². The number of rotatable bonds is 6. The number of ether oxygens (including phenoxy) is 2. The third kappa shape index (κ3) is 5.09. The summed E-state index contributed by atoms with van der Waals surface area (Å²) in [6.07, 6.45) is 0. The molecule has 2 aromatic carbocycles. The van der Waals surface area contributed by atoms with E-state index in [0.717, 1.165) is 28.0 Å². The molecule has 0 atom stereocenters. The van der Waals surface area contributed by atoms with Crippen LogP contribution in [-0.4, -0.2) is 12.6 Å². The van der Waals surface area contributed by atoms with Crippen LogP contribution in [0.1, 0.15) is 61.8 Å². The molecule has 0 aliphatic heterocycles. The number of carbonyl (C=O) groups is 1. The molecular formula is C22H28O3. The molecule has 0 bridgehead atoms.